The Balaban J connectivity index is 1.58. The summed E-state index contributed by atoms with van der Waals surface area (Å²) in [5, 5.41) is 1.30. The van der Waals surface area contributed by atoms with Crippen molar-refractivity contribution in [3.8, 4) is 5.69 Å². The van der Waals surface area contributed by atoms with Gasteiger partial charge in [0.05, 0.1) is 16.8 Å². The number of aromatic nitrogens is 2. The molecule has 3 heterocycles. The van der Waals surface area contributed by atoms with Crippen LogP contribution >= 0.6 is 23.1 Å². The normalized spacial score (nSPS) is 14.0. The number of Topliss-reactive ketones (excluding diaryl/α,β-unsaturated/α-hetero) is 1. The van der Waals surface area contributed by atoms with Crippen LogP contribution in [0, 0.1) is 13.8 Å². The van der Waals surface area contributed by atoms with Crippen LogP contribution in [-0.4, -0.2) is 38.6 Å². The topological polar surface area (TPSA) is 55.2 Å². The molecule has 35 heavy (non-hydrogen) atoms. The van der Waals surface area contributed by atoms with Crippen LogP contribution in [0.5, 0.6) is 0 Å². The number of ketones is 1. The zero-order chi connectivity index (χ0) is 24.7. The first-order valence-corrected chi connectivity index (χ1v) is 13.7. The highest BCUT2D eigenvalue weighted by Gasteiger charge is 2.26. The lowest BCUT2D eigenvalue weighted by atomic mass is 10.0. The maximum Gasteiger partial charge on any atom is 0.267 e. The Morgan fingerprint density at radius 2 is 1.71 bits per heavy atom. The average Bonchev–Trinajstić information content (AvgIpc) is 3.21. The largest absolute Gasteiger partial charge is 0.296 e. The summed E-state index contributed by atoms with van der Waals surface area (Å²) in [7, 11) is 0. The Morgan fingerprint density at radius 1 is 1.06 bits per heavy atom. The summed E-state index contributed by atoms with van der Waals surface area (Å²) in [4.78, 5) is 36.3. The molecule has 0 spiro atoms. The van der Waals surface area contributed by atoms with Gasteiger partial charge in [-0.2, -0.15) is 0 Å². The fourth-order valence-corrected chi connectivity index (χ4v) is 6.65. The van der Waals surface area contributed by atoms with Crippen molar-refractivity contribution >= 4 is 39.1 Å². The van der Waals surface area contributed by atoms with Crippen LogP contribution in [0.1, 0.15) is 45.8 Å². The minimum absolute atomic E-state index is 0.0258. The average molecular weight is 504 g/mol. The standard InChI is InChI=1S/C28H29N3O2S2/c1-17(2)30-14-13-22-24(15-30)35-26-25(22)27(33)31(21-11-7-19(4)8-12-21)28(29-26)34-16-23(32)20-9-5-18(3)6-10-20/h5-12,17H,13-16H2,1-4H3. The highest BCUT2D eigenvalue weighted by atomic mass is 32.2. The summed E-state index contributed by atoms with van der Waals surface area (Å²) in [6, 6.07) is 16.0. The van der Waals surface area contributed by atoms with Crippen molar-refractivity contribution in [2.45, 2.75) is 51.9 Å². The molecule has 1 aliphatic rings. The third-order valence-electron chi connectivity index (χ3n) is 6.60. The van der Waals surface area contributed by atoms with E-state index in [-0.39, 0.29) is 17.1 Å². The van der Waals surface area contributed by atoms with E-state index >= 15 is 0 Å². The number of carbonyl (C=O) groups is 1. The molecule has 2 aromatic carbocycles. The minimum Gasteiger partial charge on any atom is -0.296 e. The molecule has 0 atom stereocenters. The molecule has 0 N–H and O–H groups in total. The van der Waals surface area contributed by atoms with Gasteiger partial charge in [0.15, 0.2) is 10.9 Å². The Kier molecular flexibility index (Phi) is 6.66. The molecule has 1 aliphatic heterocycles. The summed E-state index contributed by atoms with van der Waals surface area (Å²) < 4.78 is 1.69. The zero-order valence-corrected chi connectivity index (χ0v) is 22.1. The summed E-state index contributed by atoms with van der Waals surface area (Å²) in [6.45, 7) is 10.2. The van der Waals surface area contributed by atoms with Gasteiger partial charge in [-0.3, -0.25) is 19.1 Å². The molecule has 0 amide bonds. The Labute approximate surface area is 213 Å². The monoisotopic (exact) mass is 503 g/mol. The fraction of sp³-hybridized carbons (Fsp3) is 0.321. The van der Waals surface area contributed by atoms with Gasteiger partial charge in [-0.25, -0.2) is 4.98 Å². The molecular weight excluding hydrogens is 474 g/mol. The highest BCUT2D eigenvalue weighted by molar-refractivity contribution is 7.99. The number of aryl methyl sites for hydroxylation is 2. The number of thiophene rings is 1. The van der Waals surface area contributed by atoms with E-state index in [1.165, 1.54) is 16.6 Å². The third kappa shape index (κ3) is 4.73. The van der Waals surface area contributed by atoms with Crippen LogP contribution in [0.3, 0.4) is 0 Å². The first kappa shape index (κ1) is 24.0. The number of hydrogen-bond donors (Lipinski definition) is 0. The van der Waals surface area contributed by atoms with Gasteiger partial charge in [-0.05, 0) is 51.8 Å². The predicted molar refractivity (Wildman–Crippen MR) is 145 cm³/mol. The first-order valence-electron chi connectivity index (χ1n) is 11.9. The smallest absolute Gasteiger partial charge is 0.267 e. The van der Waals surface area contributed by atoms with E-state index in [9.17, 15) is 9.59 Å². The number of carbonyl (C=O) groups excluding carboxylic acids is 1. The van der Waals surface area contributed by atoms with Gasteiger partial charge in [0.25, 0.3) is 5.56 Å². The molecule has 0 bridgehead atoms. The zero-order valence-electron chi connectivity index (χ0n) is 20.5. The summed E-state index contributed by atoms with van der Waals surface area (Å²) in [6.07, 6.45) is 0.858. The van der Waals surface area contributed by atoms with Crippen LogP contribution in [0.4, 0.5) is 0 Å². The first-order chi connectivity index (χ1) is 16.8. The van der Waals surface area contributed by atoms with Crippen molar-refractivity contribution < 1.29 is 4.79 Å². The quantitative estimate of drug-likeness (QED) is 0.189. The molecule has 5 nitrogen and oxygen atoms in total. The van der Waals surface area contributed by atoms with Gasteiger partial charge in [0.1, 0.15) is 4.83 Å². The number of nitrogens with zero attached hydrogens (tertiary/aromatic N) is 3. The Bertz CT molecular complexity index is 1450. The Morgan fingerprint density at radius 3 is 2.37 bits per heavy atom. The third-order valence-corrected chi connectivity index (χ3v) is 8.65. The molecule has 0 saturated heterocycles. The summed E-state index contributed by atoms with van der Waals surface area (Å²) >= 11 is 2.96. The SMILES string of the molecule is Cc1ccc(C(=O)CSc2nc3sc4c(c3c(=O)n2-c2ccc(C)cc2)CCN(C(C)C)C4)cc1. The number of thioether (sulfide) groups is 1. The van der Waals surface area contributed by atoms with Crippen molar-refractivity contribution in [1.29, 1.82) is 0 Å². The van der Waals surface area contributed by atoms with Gasteiger partial charge in [-0.1, -0.05) is 59.3 Å². The molecule has 0 unspecified atom stereocenters. The van der Waals surface area contributed by atoms with E-state index in [1.54, 1.807) is 15.9 Å². The van der Waals surface area contributed by atoms with Crippen LogP contribution in [-0.2, 0) is 13.0 Å². The van der Waals surface area contributed by atoms with Crippen LogP contribution in [0.2, 0.25) is 0 Å². The molecule has 0 fully saturated rings. The highest BCUT2D eigenvalue weighted by Crippen LogP contribution is 2.35. The molecule has 2 aromatic heterocycles. The van der Waals surface area contributed by atoms with Crippen LogP contribution < -0.4 is 5.56 Å². The molecular formula is C28H29N3O2S2. The second-order valence-corrected chi connectivity index (χ2v) is 11.5. The maximum atomic E-state index is 14.0. The van der Waals surface area contributed by atoms with E-state index in [0.717, 1.165) is 52.1 Å². The molecule has 0 saturated carbocycles. The molecule has 4 aromatic rings. The van der Waals surface area contributed by atoms with Crippen molar-refractivity contribution in [2.75, 3.05) is 12.3 Å². The van der Waals surface area contributed by atoms with Gasteiger partial charge in [0.2, 0.25) is 0 Å². The molecule has 0 radical (unpaired) electrons. The van der Waals surface area contributed by atoms with Gasteiger partial charge >= 0.3 is 0 Å². The summed E-state index contributed by atoms with van der Waals surface area (Å²) in [5.41, 5.74) is 4.80. The van der Waals surface area contributed by atoms with E-state index in [4.69, 9.17) is 4.98 Å². The lowest BCUT2D eigenvalue weighted by Gasteiger charge is -2.30. The van der Waals surface area contributed by atoms with E-state index < -0.39 is 0 Å². The van der Waals surface area contributed by atoms with Crippen molar-refractivity contribution in [2.24, 2.45) is 0 Å². The van der Waals surface area contributed by atoms with Crippen LogP contribution in [0.15, 0.2) is 58.5 Å². The molecule has 7 heteroatoms. The second kappa shape index (κ2) is 9.72. The summed E-state index contributed by atoms with van der Waals surface area (Å²) in [5.74, 6) is 0.247. The van der Waals surface area contributed by atoms with E-state index in [2.05, 4.69) is 18.7 Å². The van der Waals surface area contributed by atoms with E-state index in [0.29, 0.717) is 16.8 Å². The van der Waals surface area contributed by atoms with Gasteiger partial charge in [0, 0.05) is 29.6 Å². The molecule has 0 aliphatic carbocycles. The van der Waals surface area contributed by atoms with Crippen molar-refractivity contribution in [3.63, 3.8) is 0 Å². The molecule has 5 rings (SSSR count). The Hall–Kier alpha value is -2.74. The lowest BCUT2D eigenvalue weighted by molar-refractivity contribution is 0.102. The van der Waals surface area contributed by atoms with E-state index in [1.807, 2.05) is 62.4 Å². The minimum atomic E-state index is -0.0420. The van der Waals surface area contributed by atoms with Gasteiger partial charge < -0.3 is 0 Å². The number of hydrogen-bond acceptors (Lipinski definition) is 6. The lowest BCUT2D eigenvalue weighted by Crippen LogP contribution is -2.35. The number of fused-ring (bicyclic) bond motifs is 3. The number of rotatable bonds is 6. The maximum absolute atomic E-state index is 14.0. The van der Waals surface area contributed by atoms with Gasteiger partial charge in [-0.15, -0.1) is 11.3 Å². The number of benzene rings is 2. The fourth-order valence-electron chi connectivity index (χ4n) is 4.46. The second-order valence-electron chi connectivity index (χ2n) is 9.45. The molecule has 180 valence electrons. The van der Waals surface area contributed by atoms with Crippen molar-refractivity contribution in [3.05, 3.63) is 86.0 Å². The predicted octanol–water partition coefficient (Wildman–Crippen LogP) is 5.81. The van der Waals surface area contributed by atoms with Crippen molar-refractivity contribution in [1.82, 2.24) is 14.5 Å². The van der Waals surface area contributed by atoms with Crippen LogP contribution in [0.25, 0.3) is 15.9 Å².